The van der Waals surface area contributed by atoms with Crippen molar-refractivity contribution in [3.63, 3.8) is 0 Å². The van der Waals surface area contributed by atoms with E-state index in [9.17, 15) is 19.5 Å². The summed E-state index contributed by atoms with van der Waals surface area (Å²) in [4.78, 5) is 39.1. The predicted molar refractivity (Wildman–Crippen MR) is 187 cm³/mol. The van der Waals surface area contributed by atoms with Gasteiger partial charge in [0.2, 0.25) is 17.7 Å². The fourth-order valence-electron chi connectivity index (χ4n) is 5.65. The molecule has 0 aromatic carbocycles. The van der Waals surface area contributed by atoms with Gasteiger partial charge in [-0.15, -0.1) is 19.3 Å². The van der Waals surface area contributed by atoms with Crippen LogP contribution in [0.5, 0.6) is 0 Å². The fraction of sp³-hybridized carbons (Fsp3) is 0.714. The second-order valence-electron chi connectivity index (χ2n) is 12.5. The quantitative estimate of drug-likeness (QED) is 0.0470. The van der Waals surface area contributed by atoms with Crippen LogP contribution in [-0.2, 0) is 23.4 Å². The third-order valence-corrected chi connectivity index (χ3v) is 10.3. The zero-order valence-electron chi connectivity index (χ0n) is 29.1. The molecule has 0 radical (unpaired) electrons. The van der Waals surface area contributed by atoms with Crippen molar-refractivity contribution in [3.8, 4) is 43.1 Å². The van der Waals surface area contributed by atoms with E-state index < -0.39 is 20.3 Å². The van der Waals surface area contributed by atoms with Gasteiger partial charge in [-0.3, -0.25) is 19.7 Å². The fourth-order valence-corrected chi connectivity index (χ4v) is 7.42. The van der Waals surface area contributed by atoms with Gasteiger partial charge in [-0.2, -0.15) is 5.26 Å². The van der Waals surface area contributed by atoms with Gasteiger partial charge in [-0.05, 0) is 79.1 Å². The van der Waals surface area contributed by atoms with Crippen molar-refractivity contribution < 1.29 is 28.5 Å². The highest BCUT2D eigenvalue weighted by molar-refractivity contribution is 7.44. The summed E-state index contributed by atoms with van der Waals surface area (Å²) in [7, 11) is -1.40. The van der Waals surface area contributed by atoms with Crippen molar-refractivity contribution >= 4 is 26.2 Å². The van der Waals surface area contributed by atoms with Crippen LogP contribution in [0.2, 0.25) is 0 Å². The monoisotopic (exact) mass is 686 g/mol. The van der Waals surface area contributed by atoms with E-state index in [1.807, 2.05) is 0 Å². The molecule has 0 bridgehead atoms. The Morgan fingerprint density at radius 2 is 1.46 bits per heavy atom. The molecule has 3 amide bonds. The molecule has 1 aliphatic carbocycles. The molecular weight excluding hydrogens is 631 g/mol. The van der Waals surface area contributed by atoms with Crippen LogP contribution in [0.3, 0.4) is 0 Å². The SMILES string of the molecule is C#CCNC(=O)CCC(CCC(=O)NCC#C)(CCC(O)NCC#C)NC(=O)[C@H]1CC[C@H](OP(OCCC#N)N(C(C)C)C(C)C)CC1. The molecule has 2 atom stereocenters. The minimum absolute atomic E-state index is 0.0555. The molecule has 12 nitrogen and oxygen atoms in total. The topological polar surface area (TPSA) is 165 Å². The number of nitrogens with one attached hydrogen (secondary N) is 4. The average molecular weight is 687 g/mol. The number of carbonyl (C=O) groups is 3. The Bertz CT molecular complexity index is 1120. The largest absolute Gasteiger partial charge is 0.379 e. The Kier molecular flexibility index (Phi) is 21.4. The van der Waals surface area contributed by atoms with E-state index >= 15 is 0 Å². The van der Waals surface area contributed by atoms with Crippen molar-refractivity contribution in [3.05, 3.63) is 0 Å². The zero-order chi connectivity index (χ0) is 36.0. The maximum absolute atomic E-state index is 13.9. The van der Waals surface area contributed by atoms with E-state index in [1.54, 1.807) is 0 Å². The van der Waals surface area contributed by atoms with Crippen LogP contribution in [0, 0.1) is 54.3 Å². The lowest BCUT2D eigenvalue weighted by Gasteiger charge is -2.40. The summed E-state index contributed by atoms with van der Waals surface area (Å²) in [6.07, 6.45) is 18.6. The standard InChI is InChI=1S/C35H55N6O6P/c1-8-23-37-31(42)16-19-35(20-17-32(43)38-24-9-2,21-18-33(44)39-25-10-3)40-34(45)29-12-14-30(15-13-29)47-48(46-26-11-22-36)41(27(4)5)28(6)7/h1-3,27-31,37,42H,11-21,23-26H2,4-7H3,(H,38,43)(H,39,44)(H,40,45)/t29-,30-,31?,48?. The first-order valence-electron chi connectivity index (χ1n) is 16.7. The Labute approximate surface area is 289 Å². The molecule has 1 fully saturated rings. The van der Waals surface area contributed by atoms with Crippen molar-refractivity contribution in [1.82, 2.24) is 25.9 Å². The molecule has 1 saturated carbocycles. The van der Waals surface area contributed by atoms with E-state index in [2.05, 4.69) is 77.5 Å². The maximum Gasteiger partial charge on any atom is 0.259 e. The number of carbonyl (C=O) groups excluding carboxylic acids is 3. The zero-order valence-corrected chi connectivity index (χ0v) is 29.9. The molecule has 1 rings (SSSR count). The number of terminal acetylenes is 3. The third kappa shape index (κ3) is 16.8. The van der Waals surface area contributed by atoms with Gasteiger partial charge >= 0.3 is 0 Å². The highest BCUT2D eigenvalue weighted by Crippen LogP contribution is 2.49. The molecule has 48 heavy (non-hydrogen) atoms. The van der Waals surface area contributed by atoms with Gasteiger partial charge in [0.1, 0.15) is 6.23 Å². The summed E-state index contributed by atoms with van der Waals surface area (Å²) in [5.41, 5.74) is -0.984. The Morgan fingerprint density at radius 3 is 1.94 bits per heavy atom. The second kappa shape index (κ2) is 24.0. The van der Waals surface area contributed by atoms with Gasteiger partial charge < -0.3 is 30.1 Å². The molecule has 5 N–H and O–H groups in total. The molecule has 0 aliphatic heterocycles. The van der Waals surface area contributed by atoms with Crippen LogP contribution in [0.15, 0.2) is 0 Å². The first kappa shape index (κ1) is 42.8. The summed E-state index contributed by atoms with van der Waals surface area (Å²) in [6.45, 7) is 8.93. The highest BCUT2D eigenvalue weighted by Gasteiger charge is 2.38. The number of rotatable bonds is 23. The normalized spacial score (nSPS) is 17.4. The first-order chi connectivity index (χ1) is 22.9. The van der Waals surface area contributed by atoms with Crippen LogP contribution < -0.4 is 21.3 Å². The van der Waals surface area contributed by atoms with Crippen molar-refractivity contribution in [2.45, 2.75) is 128 Å². The van der Waals surface area contributed by atoms with E-state index in [4.69, 9.17) is 33.6 Å². The van der Waals surface area contributed by atoms with Crippen LogP contribution in [0.25, 0.3) is 0 Å². The average Bonchev–Trinajstić information content (AvgIpc) is 3.05. The van der Waals surface area contributed by atoms with Crippen LogP contribution in [-0.4, -0.2) is 83.7 Å². The Morgan fingerprint density at radius 1 is 0.917 bits per heavy atom. The van der Waals surface area contributed by atoms with E-state index in [1.165, 1.54) is 0 Å². The van der Waals surface area contributed by atoms with E-state index in [0.717, 1.165) is 0 Å². The van der Waals surface area contributed by atoms with Gasteiger partial charge in [0.05, 0.1) is 44.8 Å². The molecule has 266 valence electrons. The molecule has 0 aromatic heterocycles. The van der Waals surface area contributed by atoms with Crippen LogP contribution >= 0.6 is 8.53 Å². The lowest BCUT2D eigenvalue weighted by atomic mass is 9.81. The van der Waals surface area contributed by atoms with Crippen molar-refractivity contribution in [2.24, 2.45) is 5.92 Å². The van der Waals surface area contributed by atoms with Crippen molar-refractivity contribution in [2.75, 3.05) is 26.2 Å². The van der Waals surface area contributed by atoms with Gasteiger partial charge in [0.15, 0.2) is 0 Å². The predicted octanol–water partition coefficient (Wildman–Crippen LogP) is 3.07. The van der Waals surface area contributed by atoms with Crippen molar-refractivity contribution in [1.29, 1.82) is 5.26 Å². The van der Waals surface area contributed by atoms with E-state index in [-0.39, 0.29) is 113 Å². The van der Waals surface area contributed by atoms with Gasteiger partial charge in [-0.1, -0.05) is 17.8 Å². The smallest absolute Gasteiger partial charge is 0.259 e. The summed E-state index contributed by atoms with van der Waals surface area (Å²) < 4.78 is 14.8. The molecular formula is C35H55N6O6P. The summed E-state index contributed by atoms with van der Waals surface area (Å²) in [5, 5.41) is 30.9. The molecule has 0 spiro atoms. The second-order valence-corrected chi connectivity index (χ2v) is 13.9. The number of nitrogens with zero attached hydrogens (tertiary/aromatic N) is 2. The molecule has 13 heteroatoms. The lowest BCUT2D eigenvalue weighted by molar-refractivity contribution is -0.130. The number of hydrogen-bond acceptors (Lipinski definition) is 9. The summed E-state index contributed by atoms with van der Waals surface area (Å²) in [6, 6.07) is 2.47. The maximum atomic E-state index is 13.9. The third-order valence-electron chi connectivity index (χ3n) is 8.11. The number of nitriles is 1. The molecule has 1 aliphatic rings. The number of aliphatic hydroxyl groups excluding tert-OH is 1. The van der Waals surface area contributed by atoms with Gasteiger partial charge in [0, 0.05) is 36.4 Å². The minimum Gasteiger partial charge on any atom is -0.379 e. The van der Waals surface area contributed by atoms with Gasteiger partial charge in [-0.25, -0.2) is 4.67 Å². The molecule has 0 saturated heterocycles. The summed E-state index contributed by atoms with van der Waals surface area (Å²) >= 11 is 0. The number of hydrogen-bond donors (Lipinski definition) is 5. The van der Waals surface area contributed by atoms with Crippen LogP contribution in [0.4, 0.5) is 0 Å². The molecule has 0 heterocycles. The molecule has 0 aromatic rings. The molecule has 2 unspecified atom stereocenters. The number of amides is 3. The van der Waals surface area contributed by atoms with Crippen LogP contribution in [0.1, 0.15) is 98.3 Å². The highest BCUT2D eigenvalue weighted by atomic mass is 31.2. The minimum atomic E-state index is -1.40. The summed E-state index contributed by atoms with van der Waals surface area (Å²) in [5.74, 6) is 6.13. The van der Waals surface area contributed by atoms with E-state index in [0.29, 0.717) is 25.7 Å². The Balaban J connectivity index is 3.13. The first-order valence-corrected chi connectivity index (χ1v) is 17.9. The Hall–Kier alpha value is -3.19. The van der Waals surface area contributed by atoms with Gasteiger partial charge in [0.25, 0.3) is 8.53 Å². The number of aliphatic hydroxyl groups is 1. The lowest BCUT2D eigenvalue weighted by Crippen LogP contribution is -2.53.